The van der Waals surface area contributed by atoms with Crippen LogP contribution < -0.4 is 5.32 Å². The van der Waals surface area contributed by atoms with Gasteiger partial charge in [-0.15, -0.1) is 0 Å². The molecule has 3 heteroatoms. The molecule has 0 radical (unpaired) electrons. The Morgan fingerprint density at radius 2 is 2.07 bits per heavy atom. The first-order valence-electron chi connectivity index (χ1n) is 5.74. The van der Waals surface area contributed by atoms with Gasteiger partial charge in [-0.1, -0.05) is 6.42 Å². The van der Waals surface area contributed by atoms with Gasteiger partial charge in [-0.3, -0.25) is 4.79 Å². The van der Waals surface area contributed by atoms with Gasteiger partial charge in [0.25, 0.3) is 0 Å². The minimum atomic E-state index is -0.445. The topological polar surface area (TPSA) is 52.9 Å². The monoisotopic (exact) mass is 206 g/mol. The van der Waals surface area contributed by atoms with Crippen LogP contribution in [0, 0.1) is 34.5 Å². The van der Waals surface area contributed by atoms with Crippen molar-refractivity contribution in [3.8, 4) is 6.07 Å². The summed E-state index contributed by atoms with van der Waals surface area (Å²) in [5.74, 6) is 1.77. The van der Waals surface area contributed by atoms with E-state index >= 15 is 0 Å². The summed E-state index contributed by atoms with van der Waals surface area (Å²) in [5.41, 5.74) is -0.445. The lowest BCUT2D eigenvalue weighted by molar-refractivity contribution is -0.123. The van der Waals surface area contributed by atoms with Crippen molar-refractivity contribution in [2.45, 2.75) is 33.1 Å². The summed E-state index contributed by atoms with van der Waals surface area (Å²) in [4.78, 5) is 11.8. The zero-order chi connectivity index (χ0) is 11.1. The first kappa shape index (κ1) is 10.5. The van der Waals surface area contributed by atoms with Gasteiger partial charge in [0.1, 0.15) is 0 Å². The number of fused-ring (bicyclic) bond motifs is 1. The average Bonchev–Trinajstić information content (AvgIpc) is 2.69. The second-order valence-corrected chi connectivity index (χ2v) is 5.50. The van der Waals surface area contributed by atoms with Crippen molar-refractivity contribution >= 4 is 5.91 Å². The third-order valence-corrected chi connectivity index (χ3v) is 3.72. The molecule has 0 heterocycles. The molecule has 1 amide bonds. The fourth-order valence-electron chi connectivity index (χ4n) is 2.68. The average molecular weight is 206 g/mol. The Morgan fingerprint density at radius 1 is 1.47 bits per heavy atom. The van der Waals surface area contributed by atoms with Crippen LogP contribution in [0.5, 0.6) is 0 Å². The van der Waals surface area contributed by atoms with Gasteiger partial charge in [-0.25, -0.2) is 0 Å². The molecule has 2 atom stereocenters. The minimum absolute atomic E-state index is 0.174. The molecule has 2 unspecified atom stereocenters. The second kappa shape index (κ2) is 3.52. The van der Waals surface area contributed by atoms with E-state index in [1.54, 1.807) is 0 Å². The Balaban J connectivity index is 1.78. The fourth-order valence-corrected chi connectivity index (χ4v) is 2.68. The van der Waals surface area contributed by atoms with Gasteiger partial charge in [0.2, 0.25) is 5.91 Å². The predicted octanol–water partition coefficient (Wildman–Crippen LogP) is 1.70. The first-order chi connectivity index (χ1) is 7.05. The zero-order valence-corrected chi connectivity index (χ0v) is 9.42. The molecule has 0 saturated heterocycles. The lowest BCUT2D eigenvalue weighted by atomic mass is 9.96. The highest BCUT2D eigenvalue weighted by atomic mass is 16.2. The van der Waals surface area contributed by atoms with Gasteiger partial charge in [0.15, 0.2) is 0 Å². The zero-order valence-electron chi connectivity index (χ0n) is 9.42. The summed E-state index contributed by atoms with van der Waals surface area (Å²) in [7, 11) is 0. The first-order valence-corrected chi connectivity index (χ1v) is 5.74. The lowest BCUT2D eigenvalue weighted by Gasteiger charge is -2.16. The molecule has 2 aliphatic rings. The smallest absolute Gasteiger partial charge is 0.223 e. The van der Waals surface area contributed by atoms with E-state index in [4.69, 9.17) is 5.26 Å². The Labute approximate surface area is 90.8 Å². The predicted molar refractivity (Wildman–Crippen MR) is 56.7 cm³/mol. The van der Waals surface area contributed by atoms with Crippen molar-refractivity contribution in [3.05, 3.63) is 0 Å². The largest absolute Gasteiger partial charge is 0.354 e. The van der Waals surface area contributed by atoms with E-state index in [0.29, 0.717) is 18.4 Å². The molecule has 2 saturated carbocycles. The van der Waals surface area contributed by atoms with Crippen LogP contribution in [0.1, 0.15) is 33.1 Å². The molecule has 0 spiro atoms. The molecule has 0 aromatic carbocycles. The van der Waals surface area contributed by atoms with E-state index in [-0.39, 0.29) is 11.8 Å². The molecule has 0 aromatic rings. The van der Waals surface area contributed by atoms with Crippen LogP contribution in [0.4, 0.5) is 0 Å². The maximum absolute atomic E-state index is 11.8. The van der Waals surface area contributed by atoms with E-state index in [1.807, 2.05) is 13.8 Å². The van der Waals surface area contributed by atoms with E-state index in [9.17, 15) is 4.79 Å². The van der Waals surface area contributed by atoms with Crippen molar-refractivity contribution in [1.82, 2.24) is 5.32 Å². The SMILES string of the molecule is CC(C)(C#N)CNC(=O)C1C2CCCC21. The Morgan fingerprint density at radius 3 is 2.60 bits per heavy atom. The Bertz CT molecular complexity index is 306. The van der Waals surface area contributed by atoms with Crippen molar-refractivity contribution in [3.63, 3.8) is 0 Å². The molecular formula is C12H18N2O. The third-order valence-electron chi connectivity index (χ3n) is 3.72. The van der Waals surface area contributed by atoms with E-state index in [0.717, 1.165) is 0 Å². The molecule has 2 aliphatic carbocycles. The Hall–Kier alpha value is -1.04. The van der Waals surface area contributed by atoms with Crippen LogP contribution in [-0.4, -0.2) is 12.5 Å². The van der Waals surface area contributed by atoms with Crippen molar-refractivity contribution in [2.24, 2.45) is 23.2 Å². The van der Waals surface area contributed by atoms with Crippen LogP contribution in [0.25, 0.3) is 0 Å². The molecule has 0 aliphatic heterocycles. The quantitative estimate of drug-likeness (QED) is 0.764. The number of amides is 1. The number of nitriles is 1. The number of carbonyl (C=O) groups is 1. The molecule has 15 heavy (non-hydrogen) atoms. The van der Waals surface area contributed by atoms with E-state index < -0.39 is 5.41 Å². The third kappa shape index (κ3) is 1.99. The summed E-state index contributed by atoms with van der Waals surface area (Å²) < 4.78 is 0. The van der Waals surface area contributed by atoms with E-state index in [1.165, 1.54) is 19.3 Å². The van der Waals surface area contributed by atoms with Crippen LogP contribution in [0.3, 0.4) is 0 Å². The summed E-state index contributed by atoms with van der Waals surface area (Å²) in [5, 5.41) is 11.7. The van der Waals surface area contributed by atoms with Gasteiger partial charge < -0.3 is 5.32 Å². The van der Waals surface area contributed by atoms with Gasteiger partial charge in [-0.05, 0) is 38.5 Å². The minimum Gasteiger partial charge on any atom is -0.354 e. The van der Waals surface area contributed by atoms with Crippen LogP contribution in [0.2, 0.25) is 0 Å². The standard InChI is InChI=1S/C12H18N2O/c1-12(2,6-13)7-14-11(15)10-8-4-3-5-9(8)10/h8-10H,3-5,7H2,1-2H3,(H,14,15). The molecule has 1 N–H and O–H groups in total. The van der Waals surface area contributed by atoms with Gasteiger partial charge in [0.05, 0.1) is 11.5 Å². The molecule has 2 fully saturated rings. The molecule has 0 bridgehead atoms. The maximum atomic E-state index is 11.8. The summed E-state index contributed by atoms with van der Waals surface area (Å²) in [6.45, 7) is 4.17. The van der Waals surface area contributed by atoms with Gasteiger partial charge >= 0.3 is 0 Å². The second-order valence-electron chi connectivity index (χ2n) is 5.50. The number of hydrogen-bond donors (Lipinski definition) is 1. The number of nitrogens with zero attached hydrogens (tertiary/aromatic N) is 1. The van der Waals surface area contributed by atoms with E-state index in [2.05, 4.69) is 11.4 Å². The van der Waals surface area contributed by atoms with Crippen LogP contribution in [0.15, 0.2) is 0 Å². The van der Waals surface area contributed by atoms with Gasteiger partial charge in [0, 0.05) is 12.5 Å². The number of nitrogens with one attached hydrogen (secondary N) is 1. The number of rotatable bonds is 3. The molecule has 0 aromatic heterocycles. The van der Waals surface area contributed by atoms with Crippen molar-refractivity contribution in [2.75, 3.05) is 6.54 Å². The summed E-state index contributed by atoms with van der Waals surface area (Å²) in [6, 6.07) is 2.19. The van der Waals surface area contributed by atoms with Crippen molar-refractivity contribution < 1.29 is 4.79 Å². The molecule has 82 valence electrons. The molecule has 2 rings (SSSR count). The highest BCUT2D eigenvalue weighted by Crippen LogP contribution is 2.57. The Kier molecular flexibility index (Phi) is 2.46. The summed E-state index contributed by atoms with van der Waals surface area (Å²) >= 11 is 0. The fraction of sp³-hybridized carbons (Fsp3) is 0.833. The molecular weight excluding hydrogens is 188 g/mol. The van der Waals surface area contributed by atoms with Crippen LogP contribution in [-0.2, 0) is 4.79 Å². The maximum Gasteiger partial charge on any atom is 0.223 e. The summed E-state index contributed by atoms with van der Waals surface area (Å²) in [6.07, 6.45) is 3.75. The highest BCUT2D eigenvalue weighted by molar-refractivity contribution is 5.82. The normalized spacial score (nSPS) is 33.0. The van der Waals surface area contributed by atoms with Crippen LogP contribution >= 0.6 is 0 Å². The number of hydrogen-bond acceptors (Lipinski definition) is 2. The highest BCUT2D eigenvalue weighted by Gasteiger charge is 2.56. The van der Waals surface area contributed by atoms with Crippen molar-refractivity contribution in [1.29, 1.82) is 5.26 Å². The lowest BCUT2D eigenvalue weighted by Crippen LogP contribution is -2.34. The van der Waals surface area contributed by atoms with Gasteiger partial charge in [-0.2, -0.15) is 5.26 Å². The molecule has 3 nitrogen and oxygen atoms in total. The number of carbonyl (C=O) groups excluding carboxylic acids is 1.